The SMILES string of the molecule is C=C(O)C(=O)OCCCCCC(C)C. The van der Waals surface area contributed by atoms with Gasteiger partial charge in [-0.3, -0.25) is 0 Å². The third-order valence-corrected chi connectivity index (χ3v) is 1.89. The summed E-state index contributed by atoms with van der Waals surface area (Å²) in [6.07, 6.45) is 4.28. The van der Waals surface area contributed by atoms with Crippen molar-refractivity contribution < 1.29 is 14.6 Å². The number of esters is 1. The zero-order chi connectivity index (χ0) is 11.0. The average molecular weight is 200 g/mol. The van der Waals surface area contributed by atoms with E-state index in [-0.39, 0.29) is 0 Å². The molecule has 3 nitrogen and oxygen atoms in total. The van der Waals surface area contributed by atoms with E-state index in [4.69, 9.17) is 9.84 Å². The molecule has 0 unspecified atom stereocenters. The molecule has 0 saturated carbocycles. The Labute approximate surface area is 85.8 Å². The van der Waals surface area contributed by atoms with Crippen molar-refractivity contribution in [3.05, 3.63) is 12.3 Å². The highest BCUT2D eigenvalue weighted by molar-refractivity contribution is 5.84. The molecule has 14 heavy (non-hydrogen) atoms. The predicted molar refractivity (Wildman–Crippen MR) is 56.0 cm³/mol. The molecule has 0 aliphatic rings. The summed E-state index contributed by atoms with van der Waals surface area (Å²) in [7, 11) is 0. The van der Waals surface area contributed by atoms with Crippen molar-refractivity contribution in [1.82, 2.24) is 0 Å². The summed E-state index contributed by atoms with van der Waals surface area (Å²) < 4.78 is 4.72. The monoisotopic (exact) mass is 200 g/mol. The molecule has 0 amide bonds. The van der Waals surface area contributed by atoms with Crippen LogP contribution >= 0.6 is 0 Å². The van der Waals surface area contributed by atoms with Crippen molar-refractivity contribution in [2.75, 3.05) is 6.61 Å². The van der Waals surface area contributed by atoms with Crippen molar-refractivity contribution in [2.24, 2.45) is 5.92 Å². The van der Waals surface area contributed by atoms with Gasteiger partial charge in [-0.15, -0.1) is 0 Å². The molecule has 0 bridgehead atoms. The fraction of sp³-hybridized carbons (Fsp3) is 0.727. The van der Waals surface area contributed by atoms with E-state index in [0.29, 0.717) is 6.61 Å². The molecular formula is C11H20O3. The maximum Gasteiger partial charge on any atom is 0.372 e. The van der Waals surface area contributed by atoms with Crippen LogP contribution in [-0.4, -0.2) is 17.7 Å². The number of hydrogen-bond acceptors (Lipinski definition) is 3. The second-order valence-corrected chi connectivity index (χ2v) is 3.83. The number of rotatable bonds is 7. The molecule has 3 heteroatoms. The van der Waals surface area contributed by atoms with E-state index in [2.05, 4.69) is 20.4 Å². The lowest BCUT2D eigenvalue weighted by atomic mass is 10.1. The van der Waals surface area contributed by atoms with Crippen molar-refractivity contribution in [3.8, 4) is 0 Å². The van der Waals surface area contributed by atoms with Gasteiger partial charge in [0, 0.05) is 0 Å². The standard InChI is InChI=1S/C11H20O3/c1-9(2)7-5-4-6-8-14-11(13)10(3)12/h9,12H,3-8H2,1-2H3. The molecule has 0 fully saturated rings. The normalized spacial score (nSPS) is 10.2. The van der Waals surface area contributed by atoms with Crippen molar-refractivity contribution in [2.45, 2.75) is 39.5 Å². The number of carbonyl (C=O) groups is 1. The van der Waals surface area contributed by atoms with Gasteiger partial charge in [-0.1, -0.05) is 33.1 Å². The minimum atomic E-state index is -0.714. The lowest BCUT2D eigenvalue weighted by Crippen LogP contribution is -2.07. The van der Waals surface area contributed by atoms with E-state index in [1.807, 2.05) is 0 Å². The summed E-state index contributed by atoms with van der Waals surface area (Å²) >= 11 is 0. The van der Waals surface area contributed by atoms with Gasteiger partial charge in [0.05, 0.1) is 6.61 Å². The number of ether oxygens (including phenoxy) is 1. The van der Waals surface area contributed by atoms with Crippen LogP contribution in [0.15, 0.2) is 12.3 Å². The summed E-state index contributed by atoms with van der Waals surface area (Å²) in [5.74, 6) is -0.504. The van der Waals surface area contributed by atoms with E-state index < -0.39 is 11.7 Å². The predicted octanol–water partition coefficient (Wildman–Crippen LogP) is 2.82. The van der Waals surface area contributed by atoms with Crippen LogP contribution in [0.5, 0.6) is 0 Å². The van der Waals surface area contributed by atoms with Crippen LogP contribution in [0.2, 0.25) is 0 Å². The molecule has 0 aliphatic carbocycles. The number of aliphatic hydroxyl groups is 1. The van der Waals surface area contributed by atoms with Gasteiger partial charge in [0.1, 0.15) is 0 Å². The van der Waals surface area contributed by atoms with Gasteiger partial charge in [-0.2, -0.15) is 0 Å². The zero-order valence-corrected chi connectivity index (χ0v) is 9.08. The molecule has 0 aromatic rings. The summed E-state index contributed by atoms with van der Waals surface area (Å²) in [4.78, 5) is 10.7. The van der Waals surface area contributed by atoms with E-state index >= 15 is 0 Å². The van der Waals surface area contributed by atoms with Crippen LogP contribution in [-0.2, 0) is 9.53 Å². The van der Waals surface area contributed by atoms with Crippen molar-refractivity contribution >= 4 is 5.97 Å². The third-order valence-electron chi connectivity index (χ3n) is 1.89. The molecule has 0 spiro atoms. The molecule has 82 valence electrons. The fourth-order valence-electron chi connectivity index (χ4n) is 1.08. The van der Waals surface area contributed by atoms with Gasteiger partial charge in [-0.25, -0.2) is 4.79 Å². The molecule has 0 aromatic carbocycles. The summed E-state index contributed by atoms with van der Waals surface area (Å²) in [5.41, 5.74) is 0. The van der Waals surface area contributed by atoms with Crippen LogP contribution in [0.3, 0.4) is 0 Å². The number of unbranched alkanes of at least 4 members (excludes halogenated alkanes) is 2. The molecule has 1 N–H and O–H groups in total. The average Bonchev–Trinajstić information content (AvgIpc) is 2.09. The van der Waals surface area contributed by atoms with E-state index in [0.717, 1.165) is 25.2 Å². The largest absolute Gasteiger partial charge is 0.502 e. The Bertz CT molecular complexity index is 185. The second-order valence-electron chi connectivity index (χ2n) is 3.83. The number of carbonyl (C=O) groups excluding carboxylic acids is 1. The Balaban J connectivity index is 3.22. The summed E-state index contributed by atoms with van der Waals surface area (Å²) in [6, 6.07) is 0. The Morgan fingerprint density at radius 3 is 2.50 bits per heavy atom. The van der Waals surface area contributed by atoms with Crippen LogP contribution in [0.1, 0.15) is 39.5 Å². The molecular weight excluding hydrogens is 180 g/mol. The molecule has 0 rings (SSSR count). The first-order valence-electron chi connectivity index (χ1n) is 5.09. The van der Waals surface area contributed by atoms with Gasteiger partial charge in [0.15, 0.2) is 5.76 Å². The summed E-state index contributed by atoms with van der Waals surface area (Å²) in [6.45, 7) is 7.83. The van der Waals surface area contributed by atoms with Crippen LogP contribution in [0.25, 0.3) is 0 Å². The molecule has 0 saturated heterocycles. The molecule has 0 aromatic heterocycles. The molecule has 0 radical (unpaired) electrons. The Morgan fingerprint density at radius 2 is 2.00 bits per heavy atom. The Morgan fingerprint density at radius 1 is 1.36 bits per heavy atom. The lowest BCUT2D eigenvalue weighted by molar-refractivity contribution is -0.142. The minimum absolute atomic E-state index is 0.372. The third kappa shape index (κ3) is 7.65. The quantitative estimate of drug-likeness (QED) is 0.297. The minimum Gasteiger partial charge on any atom is -0.502 e. The first-order valence-corrected chi connectivity index (χ1v) is 5.09. The fourth-order valence-corrected chi connectivity index (χ4v) is 1.08. The highest BCUT2D eigenvalue weighted by atomic mass is 16.5. The van der Waals surface area contributed by atoms with Gasteiger partial charge in [-0.05, 0) is 18.9 Å². The van der Waals surface area contributed by atoms with E-state index in [9.17, 15) is 4.79 Å². The maximum absolute atomic E-state index is 10.7. The summed E-state index contributed by atoms with van der Waals surface area (Å²) in [5, 5.41) is 8.63. The zero-order valence-electron chi connectivity index (χ0n) is 9.08. The van der Waals surface area contributed by atoms with Gasteiger partial charge in [0.2, 0.25) is 0 Å². The first kappa shape index (κ1) is 13.0. The highest BCUT2D eigenvalue weighted by Gasteiger charge is 2.04. The van der Waals surface area contributed by atoms with E-state index in [1.54, 1.807) is 0 Å². The maximum atomic E-state index is 10.7. The van der Waals surface area contributed by atoms with E-state index in [1.165, 1.54) is 6.42 Å². The van der Waals surface area contributed by atoms with Crippen LogP contribution in [0, 0.1) is 5.92 Å². The van der Waals surface area contributed by atoms with Crippen molar-refractivity contribution in [1.29, 1.82) is 0 Å². The smallest absolute Gasteiger partial charge is 0.372 e. The second kappa shape index (κ2) is 7.42. The lowest BCUT2D eigenvalue weighted by Gasteiger charge is -2.05. The van der Waals surface area contributed by atoms with Gasteiger partial charge >= 0.3 is 5.97 Å². The number of hydrogen-bond donors (Lipinski definition) is 1. The van der Waals surface area contributed by atoms with Gasteiger partial charge < -0.3 is 9.84 Å². The molecule has 0 aliphatic heterocycles. The first-order chi connectivity index (χ1) is 6.54. The van der Waals surface area contributed by atoms with Crippen molar-refractivity contribution in [3.63, 3.8) is 0 Å². The van der Waals surface area contributed by atoms with Crippen LogP contribution in [0.4, 0.5) is 0 Å². The number of aliphatic hydroxyl groups excluding tert-OH is 1. The Kier molecular flexibility index (Phi) is 6.89. The molecule has 0 heterocycles. The van der Waals surface area contributed by atoms with Gasteiger partial charge in [0.25, 0.3) is 0 Å². The topological polar surface area (TPSA) is 46.5 Å². The highest BCUT2D eigenvalue weighted by Crippen LogP contribution is 2.08. The van der Waals surface area contributed by atoms with Crippen LogP contribution < -0.4 is 0 Å². The molecule has 0 atom stereocenters. The Hall–Kier alpha value is -0.990.